The van der Waals surface area contributed by atoms with Crippen LogP contribution in [0.3, 0.4) is 0 Å². The molecule has 1 aliphatic carbocycles. The number of aromatic nitrogens is 3. The van der Waals surface area contributed by atoms with Gasteiger partial charge >= 0.3 is 5.69 Å². The minimum atomic E-state index is -0.313. The molecule has 1 aliphatic rings. The average Bonchev–Trinajstić information content (AvgIpc) is 2.71. The van der Waals surface area contributed by atoms with Gasteiger partial charge in [-0.25, -0.2) is 9.78 Å². The second-order valence-corrected chi connectivity index (χ2v) is 7.44. The van der Waals surface area contributed by atoms with Crippen molar-refractivity contribution >= 4 is 11.0 Å². The molecule has 142 valence electrons. The van der Waals surface area contributed by atoms with Crippen molar-refractivity contribution in [3.63, 3.8) is 0 Å². The van der Waals surface area contributed by atoms with Gasteiger partial charge in [0.25, 0.3) is 5.56 Å². The van der Waals surface area contributed by atoms with Gasteiger partial charge in [0.2, 0.25) is 0 Å². The normalized spacial score (nSPS) is 19.0. The van der Waals surface area contributed by atoms with Crippen LogP contribution in [0, 0.1) is 11.8 Å². The van der Waals surface area contributed by atoms with Crippen LogP contribution >= 0.6 is 0 Å². The monoisotopic (exact) mass is 373 g/mol. The van der Waals surface area contributed by atoms with E-state index in [4.69, 9.17) is 0 Å². The standard InChI is InChI=1S/C23H23N3O2/c1-16-10-11-19(17(2)13-16)15-25-21-20(9-6-12-24-21)22(27)26(23(25)28)14-18-7-4-3-5-8-18/h3-13,17,19H,14-15H2,1-2H3/t17-,19?/m0/s1. The van der Waals surface area contributed by atoms with E-state index in [0.717, 1.165) is 5.56 Å². The molecule has 0 aliphatic heterocycles. The maximum absolute atomic E-state index is 13.3. The number of rotatable bonds is 4. The quantitative estimate of drug-likeness (QED) is 0.704. The first-order chi connectivity index (χ1) is 13.5. The number of fused-ring (bicyclic) bond motifs is 1. The van der Waals surface area contributed by atoms with Crippen LogP contribution in [-0.2, 0) is 13.1 Å². The highest BCUT2D eigenvalue weighted by Crippen LogP contribution is 2.24. The lowest BCUT2D eigenvalue weighted by molar-refractivity contribution is 0.421. The van der Waals surface area contributed by atoms with Gasteiger partial charge in [-0.1, -0.05) is 61.1 Å². The Bertz CT molecular complexity index is 1190. The van der Waals surface area contributed by atoms with E-state index in [1.807, 2.05) is 30.3 Å². The number of hydrogen-bond acceptors (Lipinski definition) is 3. The second kappa shape index (κ2) is 7.43. The molecule has 2 heterocycles. The summed E-state index contributed by atoms with van der Waals surface area (Å²) in [5.41, 5.74) is 1.99. The van der Waals surface area contributed by atoms with E-state index in [1.54, 1.807) is 22.9 Å². The molecular weight excluding hydrogens is 350 g/mol. The molecule has 28 heavy (non-hydrogen) atoms. The van der Waals surface area contributed by atoms with Crippen LogP contribution in [0.1, 0.15) is 19.4 Å². The Morgan fingerprint density at radius 2 is 1.82 bits per heavy atom. The first-order valence-corrected chi connectivity index (χ1v) is 9.53. The van der Waals surface area contributed by atoms with Gasteiger partial charge in [-0.05, 0) is 30.5 Å². The molecule has 0 amide bonds. The number of nitrogens with zero attached hydrogens (tertiary/aromatic N) is 3. The summed E-state index contributed by atoms with van der Waals surface area (Å²) in [6, 6.07) is 13.1. The van der Waals surface area contributed by atoms with Gasteiger partial charge in [0, 0.05) is 18.7 Å². The van der Waals surface area contributed by atoms with Crippen molar-refractivity contribution < 1.29 is 0 Å². The highest BCUT2D eigenvalue weighted by Gasteiger charge is 2.21. The molecule has 0 spiro atoms. The lowest BCUT2D eigenvalue weighted by atomic mass is 9.87. The van der Waals surface area contributed by atoms with Crippen molar-refractivity contribution in [2.24, 2.45) is 11.8 Å². The lowest BCUT2D eigenvalue weighted by Gasteiger charge is -2.24. The molecule has 2 atom stereocenters. The predicted octanol–water partition coefficient (Wildman–Crippen LogP) is 3.37. The van der Waals surface area contributed by atoms with Gasteiger partial charge in [0.05, 0.1) is 11.9 Å². The Labute approximate surface area is 163 Å². The number of benzene rings is 1. The fourth-order valence-electron chi connectivity index (χ4n) is 3.80. The highest BCUT2D eigenvalue weighted by molar-refractivity contribution is 5.73. The summed E-state index contributed by atoms with van der Waals surface area (Å²) in [6.45, 7) is 4.96. The third kappa shape index (κ3) is 3.36. The van der Waals surface area contributed by atoms with Gasteiger partial charge < -0.3 is 0 Å². The molecule has 5 nitrogen and oxygen atoms in total. The van der Waals surface area contributed by atoms with E-state index in [-0.39, 0.29) is 23.7 Å². The zero-order chi connectivity index (χ0) is 19.7. The number of allylic oxidation sites excluding steroid dienone is 4. The Morgan fingerprint density at radius 3 is 2.57 bits per heavy atom. The average molecular weight is 373 g/mol. The molecule has 0 fully saturated rings. The highest BCUT2D eigenvalue weighted by atomic mass is 16.2. The zero-order valence-electron chi connectivity index (χ0n) is 16.1. The van der Waals surface area contributed by atoms with E-state index < -0.39 is 0 Å². The Kier molecular flexibility index (Phi) is 4.82. The first-order valence-electron chi connectivity index (χ1n) is 9.53. The fourth-order valence-corrected chi connectivity index (χ4v) is 3.80. The van der Waals surface area contributed by atoms with Gasteiger partial charge in [0.1, 0.15) is 5.65 Å². The van der Waals surface area contributed by atoms with Gasteiger partial charge in [-0.2, -0.15) is 0 Å². The zero-order valence-corrected chi connectivity index (χ0v) is 16.1. The Hall–Kier alpha value is -3.21. The minimum Gasteiger partial charge on any atom is -0.277 e. The molecule has 5 heteroatoms. The largest absolute Gasteiger partial charge is 0.332 e. The molecule has 0 saturated heterocycles. The van der Waals surface area contributed by atoms with Crippen LogP contribution in [0.25, 0.3) is 11.0 Å². The fraction of sp³-hybridized carbons (Fsp3) is 0.261. The number of hydrogen-bond donors (Lipinski definition) is 0. The summed E-state index contributed by atoms with van der Waals surface area (Å²) in [4.78, 5) is 30.7. The molecule has 1 aromatic carbocycles. The maximum Gasteiger partial charge on any atom is 0.332 e. The summed E-state index contributed by atoms with van der Waals surface area (Å²) in [5, 5.41) is 0.470. The van der Waals surface area contributed by atoms with Gasteiger partial charge in [0.15, 0.2) is 0 Å². The van der Waals surface area contributed by atoms with E-state index >= 15 is 0 Å². The molecule has 2 aromatic heterocycles. The molecule has 0 saturated carbocycles. The van der Waals surface area contributed by atoms with Crippen LogP contribution in [-0.4, -0.2) is 14.1 Å². The van der Waals surface area contributed by atoms with Crippen molar-refractivity contribution in [3.8, 4) is 0 Å². The summed E-state index contributed by atoms with van der Waals surface area (Å²) in [7, 11) is 0. The molecular formula is C23H23N3O2. The summed E-state index contributed by atoms with van der Waals surface area (Å²) in [6.07, 6.45) is 8.08. The minimum absolute atomic E-state index is 0.175. The van der Waals surface area contributed by atoms with E-state index in [1.165, 1.54) is 10.1 Å². The van der Waals surface area contributed by atoms with Crippen molar-refractivity contribution in [2.75, 3.05) is 0 Å². The van der Waals surface area contributed by atoms with E-state index in [2.05, 4.69) is 37.1 Å². The Morgan fingerprint density at radius 1 is 1.04 bits per heavy atom. The van der Waals surface area contributed by atoms with Crippen molar-refractivity contribution in [3.05, 3.63) is 98.9 Å². The van der Waals surface area contributed by atoms with Crippen molar-refractivity contribution in [1.82, 2.24) is 14.1 Å². The molecule has 3 aromatic rings. The first kappa shape index (κ1) is 18.2. The second-order valence-electron chi connectivity index (χ2n) is 7.44. The van der Waals surface area contributed by atoms with E-state index in [9.17, 15) is 9.59 Å². The summed E-state index contributed by atoms with van der Waals surface area (Å²) < 4.78 is 2.97. The maximum atomic E-state index is 13.3. The molecule has 0 N–H and O–H groups in total. The van der Waals surface area contributed by atoms with Crippen LogP contribution in [0.15, 0.2) is 82.1 Å². The molecule has 1 unspecified atom stereocenters. The molecule has 4 rings (SSSR count). The van der Waals surface area contributed by atoms with Gasteiger partial charge in [-0.3, -0.25) is 13.9 Å². The lowest BCUT2D eigenvalue weighted by Crippen LogP contribution is -2.42. The third-order valence-corrected chi connectivity index (χ3v) is 5.36. The van der Waals surface area contributed by atoms with Crippen LogP contribution in [0.4, 0.5) is 0 Å². The topological polar surface area (TPSA) is 56.9 Å². The third-order valence-electron chi connectivity index (χ3n) is 5.36. The Balaban J connectivity index is 1.85. The summed E-state index contributed by atoms with van der Waals surface area (Å²) >= 11 is 0. The van der Waals surface area contributed by atoms with Crippen LogP contribution in [0.2, 0.25) is 0 Å². The van der Waals surface area contributed by atoms with E-state index in [0.29, 0.717) is 23.5 Å². The van der Waals surface area contributed by atoms with Gasteiger partial charge in [-0.15, -0.1) is 0 Å². The van der Waals surface area contributed by atoms with Crippen LogP contribution in [0.5, 0.6) is 0 Å². The smallest absolute Gasteiger partial charge is 0.277 e. The van der Waals surface area contributed by atoms with Crippen molar-refractivity contribution in [2.45, 2.75) is 26.9 Å². The molecule has 0 bridgehead atoms. The predicted molar refractivity (Wildman–Crippen MR) is 111 cm³/mol. The van der Waals surface area contributed by atoms with Crippen molar-refractivity contribution in [1.29, 1.82) is 0 Å². The number of pyridine rings is 1. The SMILES string of the molecule is CC1=C[C@H](C)C(Cn2c(=O)n(Cc3ccccc3)c(=O)c3cccnc32)C=C1. The summed E-state index contributed by atoms with van der Waals surface area (Å²) in [5.74, 6) is 0.486. The van der Waals surface area contributed by atoms with Crippen LogP contribution < -0.4 is 11.2 Å². The molecule has 0 radical (unpaired) electrons.